The molecule has 0 bridgehead atoms. The van der Waals surface area contributed by atoms with E-state index >= 15 is 0 Å². The molecule has 0 radical (unpaired) electrons. The average molecular weight is 246 g/mol. The molecular formula is C11H13Cl2NO. The summed E-state index contributed by atoms with van der Waals surface area (Å²) >= 11 is 11.6. The van der Waals surface area contributed by atoms with Crippen molar-refractivity contribution in [2.75, 3.05) is 0 Å². The summed E-state index contributed by atoms with van der Waals surface area (Å²) in [6, 6.07) is 4.99. The van der Waals surface area contributed by atoms with Gasteiger partial charge in [-0.3, -0.25) is 4.79 Å². The smallest absolute Gasteiger partial charge is 0.253 e. The predicted octanol–water partition coefficient (Wildman–Crippen LogP) is 3.52. The molecule has 1 aromatic rings. The summed E-state index contributed by atoms with van der Waals surface area (Å²) in [5.74, 6) is -0.161. The summed E-state index contributed by atoms with van der Waals surface area (Å²) in [5.41, 5.74) is 0.460. The van der Waals surface area contributed by atoms with Crippen LogP contribution in [0.2, 0.25) is 10.0 Å². The molecule has 0 aromatic heterocycles. The third kappa shape index (κ3) is 3.40. The number of hydrogen-bond acceptors (Lipinski definition) is 1. The highest BCUT2D eigenvalue weighted by atomic mass is 35.5. The van der Waals surface area contributed by atoms with Gasteiger partial charge in [-0.1, -0.05) is 30.1 Å². The molecule has 1 N–H and O–H groups in total. The first-order chi connectivity index (χ1) is 7.04. The Morgan fingerprint density at radius 3 is 2.67 bits per heavy atom. The number of hydrogen-bond donors (Lipinski definition) is 1. The number of halogens is 2. The zero-order valence-electron chi connectivity index (χ0n) is 8.68. The first kappa shape index (κ1) is 12.3. The van der Waals surface area contributed by atoms with Crippen LogP contribution in [0.5, 0.6) is 0 Å². The summed E-state index contributed by atoms with van der Waals surface area (Å²) < 4.78 is 0. The fourth-order valence-electron chi connectivity index (χ4n) is 1.08. The Labute approximate surface area is 99.6 Å². The van der Waals surface area contributed by atoms with Crippen LogP contribution in [0.1, 0.15) is 30.6 Å². The quantitative estimate of drug-likeness (QED) is 0.868. The lowest BCUT2D eigenvalue weighted by atomic mass is 10.2. The molecule has 0 aliphatic heterocycles. The van der Waals surface area contributed by atoms with Gasteiger partial charge in [0.2, 0.25) is 0 Å². The molecule has 82 valence electrons. The van der Waals surface area contributed by atoms with Crippen LogP contribution < -0.4 is 5.32 Å². The van der Waals surface area contributed by atoms with E-state index in [1.807, 2.05) is 13.8 Å². The second-order valence-electron chi connectivity index (χ2n) is 3.41. The molecule has 0 spiro atoms. The number of rotatable bonds is 3. The third-order valence-electron chi connectivity index (χ3n) is 2.17. The lowest BCUT2D eigenvalue weighted by Crippen LogP contribution is -2.32. The van der Waals surface area contributed by atoms with Gasteiger partial charge in [0.05, 0.1) is 10.6 Å². The minimum Gasteiger partial charge on any atom is -0.350 e. The van der Waals surface area contributed by atoms with E-state index in [1.54, 1.807) is 18.2 Å². The molecule has 15 heavy (non-hydrogen) atoms. The number of nitrogens with one attached hydrogen (secondary N) is 1. The van der Waals surface area contributed by atoms with Crippen molar-refractivity contribution in [2.24, 2.45) is 0 Å². The fourth-order valence-corrected chi connectivity index (χ4v) is 1.57. The van der Waals surface area contributed by atoms with Gasteiger partial charge in [-0.05, 0) is 31.5 Å². The lowest BCUT2D eigenvalue weighted by molar-refractivity contribution is 0.0939. The van der Waals surface area contributed by atoms with Crippen LogP contribution in [0, 0.1) is 0 Å². The minimum absolute atomic E-state index is 0.143. The first-order valence-corrected chi connectivity index (χ1v) is 5.56. The van der Waals surface area contributed by atoms with E-state index in [2.05, 4.69) is 5.32 Å². The van der Waals surface area contributed by atoms with Crippen molar-refractivity contribution < 1.29 is 4.79 Å². The molecule has 0 fully saturated rings. The van der Waals surface area contributed by atoms with Gasteiger partial charge >= 0.3 is 0 Å². The average Bonchev–Trinajstić information content (AvgIpc) is 2.17. The van der Waals surface area contributed by atoms with Crippen molar-refractivity contribution in [1.82, 2.24) is 5.32 Å². The first-order valence-electron chi connectivity index (χ1n) is 4.80. The zero-order valence-corrected chi connectivity index (χ0v) is 10.2. The molecule has 1 aromatic carbocycles. The van der Waals surface area contributed by atoms with E-state index < -0.39 is 0 Å². The highest BCUT2D eigenvalue weighted by Crippen LogP contribution is 2.20. The van der Waals surface area contributed by atoms with E-state index in [-0.39, 0.29) is 11.9 Å². The second-order valence-corrected chi connectivity index (χ2v) is 4.25. The molecule has 0 unspecified atom stereocenters. The maximum Gasteiger partial charge on any atom is 0.253 e. The summed E-state index contributed by atoms with van der Waals surface area (Å²) in [7, 11) is 0. The third-order valence-corrected chi connectivity index (χ3v) is 2.71. The Bertz CT molecular complexity index is 366. The van der Waals surface area contributed by atoms with Crippen LogP contribution in [0.25, 0.3) is 0 Å². The molecule has 0 aliphatic rings. The summed E-state index contributed by atoms with van der Waals surface area (Å²) in [5, 5.41) is 3.75. The van der Waals surface area contributed by atoms with E-state index in [4.69, 9.17) is 23.2 Å². The Kier molecular flexibility index (Phi) is 4.43. The largest absolute Gasteiger partial charge is 0.350 e. The summed E-state index contributed by atoms with van der Waals surface area (Å²) in [4.78, 5) is 11.7. The van der Waals surface area contributed by atoms with Gasteiger partial charge in [0, 0.05) is 11.1 Å². The fraction of sp³-hybridized carbons (Fsp3) is 0.364. The van der Waals surface area contributed by atoms with Gasteiger partial charge in [-0.2, -0.15) is 0 Å². The normalized spacial score (nSPS) is 12.3. The van der Waals surface area contributed by atoms with Crippen LogP contribution in [-0.4, -0.2) is 11.9 Å². The van der Waals surface area contributed by atoms with Crippen molar-refractivity contribution in [1.29, 1.82) is 0 Å². The Balaban J connectivity index is 2.82. The maximum atomic E-state index is 11.7. The van der Waals surface area contributed by atoms with Crippen molar-refractivity contribution >= 4 is 29.1 Å². The molecule has 2 nitrogen and oxygen atoms in total. The summed E-state index contributed by atoms with van der Waals surface area (Å²) in [6.07, 6.45) is 0.886. The highest BCUT2D eigenvalue weighted by Gasteiger charge is 2.12. The molecule has 0 heterocycles. The monoisotopic (exact) mass is 245 g/mol. The predicted molar refractivity (Wildman–Crippen MR) is 63.7 cm³/mol. The van der Waals surface area contributed by atoms with Crippen LogP contribution in [0.4, 0.5) is 0 Å². The molecule has 4 heteroatoms. The molecule has 0 saturated carbocycles. The molecular weight excluding hydrogens is 233 g/mol. The standard InChI is InChI=1S/C11H13Cl2NO/c1-3-7(2)14-11(15)9-5-4-8(12)6-10(9)13/h4-7H,3H2,1-2H3,(H,14,15)/t7-/m0/s1. The van der Waals surface area contributed by atoms with Gasteiger partial charge in [-0.15, -0.1) is 0 Å². The molecule has 1 rings (SSSR count). The van der Waals surface area contributed by atoms with E-state index in [9.17, 15) is 4.79 Å². The maximum absolute atomic E-state index is 11.7. The second kappa shape index (κ2) is 5.38. The van der Waals surface area contributed by atoms with Crippen molar-refractivity contribution in [2.45, 2.75) is 26.3 Å². The van der Waals surface area contributed by atoms with Gasteiger partial charge in [-0.25, -0.2) is 0 Å². The van der Waals surface area contributed by atoms with Gasteiger partial charge in [0.15, 0.2) is 0 Å². The van der Waals surface area contributed by atoms with Gasteiger partial charge in [0.25, 0.3) is 5.91 Å². The Morgan fingerprint density at radius 1 is 1.47 bits per heavy atom. The number of carbonyl (C=O) groups excluding carboxylic acids is 1. The molecule has 1 amide bonds. The molecule has 0 aliphatic carbocycles. The lowest BCUT2D eigenvalue weighted by Gasteiger charge is -2.12. The van der Waals surface area contributed by atoms with Crippen LogP contribution >= 0.6 is 23.2 Å². The van der Waals surface area contributed by atoms with Crippen LogP contribution in [-0.2, 0) is 0 Å². The Hall–Kier alpha value is -0.730. The number of carbonyl (C=O) groups is 1. The molecule has 0 saturated heterocycles. The van der Waals surface area contributed by atoms with Crippen LogP contribution in [0.15, 0.2) is 18.2 Å². The minimum atomic E-state index is -0.161. The van der Waals surface area contributed by atoms with E-state index in [1.165, 1.54) is 0 Å². The molecule has 1 atom stereocenters. The van der Waals surface area contributed by atoms with E-state index in [0.29, 0.717) is 15.6 Å². The van der Waals surface area contributed by atoms with Crippen molar-refractivity contribution in [3.05, 3.63) is 33.8 Å². The highest BCUT2D eigenvalue weighted by molar-refractivity contribution is 6.36. The SMILES string of the molecule is CC[C@H](C)NC(=O)c1ccc(Cl)cc1Cl. The van der Waals surface area contributed by atoms with Crippen LogP contribution in [0.3, 0.4) is 0 Å². The number of amides is 1. The van der Waals surface area contributed by atoms with Gasteiger partial charge in [0.1, 0.15) is 0 Å². The number of benzene rings is 1. The van der Waals surface area contributed by atoms with E-state index in [0.717, 1.165) is 6.42 Å². The van der Waals surface area contributed by atoms with Crippen molar-refractivity contribution in [3.63, 3.8) is 0 Å². The summed E-state index contributed by atoms with van der Waals surface area (Å²) in [6.45, 7) is 3.95. The zero-order chi connectivity index (χ0) is 11.4. The Morgan fingerprint density at radius 2 is 2.13 bits per heavy atom. The van der Waals surface area contributed by atoms with Crippen molar-refractivity contribution in [3.8, 4) is 0 Å². The topological polar surface area (TPSA) is 29.1 Å². The van der Waals surface area contributed by atoms with Gasteiger partial charge < -0.3 is 5.32 Å².